The number of aryl methyl sites for hydroxylation is 1. The van der Waals surface area contributed by atoms with Crippen LogP contribution < -0.4 is 0 Å². The Bertz CT molecular complexity index is 546. The standard InChI is InChI=1S/C12H11FN2O/c1-7-5-12(15-14-7)9-3-4-10(8(2)16)11(13)6-9/h3-6H,1-2H3,(H,14,15). The summed E-state index contributed by atoms with van der Waals surface area (Å²) in [5.41, 5.74) is 2.35. The van der Waals surface area contributed by atoms with E-state index >= 15 is 0 Å². The van der Waals surface area contributed by atoms with Gasteiger partial charge in [-0.15, -0.1) is 0 Å². The molecule has 4 heteroatoms. The number of H-pyrrole nitrogens is 1. The topological polar surface area (TPSA) is 45.8 Å². The number of aromatic nitrogens is 2. The first-order valence-electron chi connectivity index (χ1n) is 4.91. The van der Waals surface area contributed by atoms with E-state index in [0.29, 0.717) is 11.3 Å². The van der Waals surface area contributed by atoms with Crippen molar-refractivity contribution in [1.29, 1.82) is 0 Å². The Morgan fingerprint density at radius 3 is 2.62 bits per heavy atom. The number of carbonyl (C=O) groups excluding carboxylic acids is 1. The van der Waals surface area contributed by atoms with E-state index in [9.17, 15) is 9.18 Å². The number of benzene rings is 1. The monoisotopic (exact) mass is 218 g/mol. The zero-order chi connectivity index (χ0) is 11.7. The molecule has 0 amide bonds. The Morgan fingerprint density at radius 1 is 1.38 bits per heavy atom. The van der Waals surface area contributed by atoms with Crippen LogP contribution in [0.25, 0.3) is 11.3 Å². The summed E-state index contributed by atoms with van der Waals surface area (Å²) in [6.45, 7) is 3.22. The molecule has 0 atom stereocenters. The zero-order valence-corrected chi connectivity index (χ0v) is 9.04. The highest BCUT2D eigenvalue weighted by Gasteiger charge is 2.09. The quantitative estimate of drug-likeness (QED) is 0.788. The highest BCUT2D eigenvalue weighted by atomic mass is 19.1. The van der Waals surface area contributed by atoms with E-state index < -0.39 is 5.82 Å². The van der Waals surface area contributed by atoms with Crippen LogP contribution in [0.3, 0.4) is 0 Å². The molecule has 0 saturated heterocycles. The van der Waals surface area contributed by atoms with Crippen molar-refractivity contribution in [3.05, 3.63) is 41.3 Å². The summed E-state index contributed by atoms with van der Waals surface area (Å²) in [7, 11) is 0. The van der Waals surface area contributed by atoms with Crippen molar-refractivity contribution in [2.75, 3.05) is 0 Å². The van der Waals surface area contributed by atoms with Crippen LogP contribution in [0.15, 0.2) is 24.3 Å². The second-order valence-electron chi connectivity index (χ2n) is 3.69. The van der Waals surface area contributed by atoms with Crippen LogP contribution in [-0.4, -0.2) is 16.0 Å². The number of Topliss-reactive ketones (excluding diaryl/α,β-unsaturated/α-hetero) is 1. The highest BCUT2D eigenvalue weighted by Crippen LogP contribution is 2.20. The number of rotatable bonds is 2. The number of nitrogens with one attached hydrogen (secondary N) is 1. The van der Waals surface area contributed by atoms with Gasteiger partial charge in [0.05, 0.1) is 11.3 Å². The molecule has 82 valence electrons. The van der Waals surface area contributed by atoms with Crippen molar-refractivity contribution in [3.8, 4) is 11.3 Å². The van der Waals surface area contributed by atoms with Gasteiger partial charge in [-0.05, 0) is 32.0 Å². The van der Waals surface area contributed by atoms with Crippen molar-refractivity contribution in [3.63, 3.8) is 0 Å². The van der Waals surface area contributed by atoms with Crippen LogP contribution in [0.4, 0.5) is 4.39 Å². The Morgan fingerprint density at radius 2 is 2.12 bits per heavy atom. The van der Waals surface area contributed by atoms with Gasteiger partial charge < -0.3 is 0 Å². The van der Waals surface area contributed by atoms with Crippen LogP contribution in [-0.2, 0) is 0 Å². The van der Waals surface area contributed by atoms with Crippen LogP contribution in [0.2, 0.25) is 0 Å². The molecular weight excluding hydrogens is 207 g/mol. The number of nitrogens with zero attached hydrogens (tertiary/aromatic N) is 1. The van der Waals surface area contributed by atoms with Gasteiger partial charge in [0.25, 0.3) is 0 Å². The minimum Gasteiger partial charge on any atom is -0.294 e. The van der Waals surface area contributed by atoms with Gasteiger partial charge in [-0.1, -0.05) is 6.07 Å². The highest BCUT2D eigenvalue weighted by molar-refractivity contribution is 5.94. The molecule has 2 rings (SSSR count). The molecule has 1 aromatic carbocycles. The maximum Gasteiger partial charge on any atom is 0.162 e. The molecule has 0 unspecified atom stereocenters. The maximum atomic E-state index is 13.5. The molecule has 0 bridgehead atoms. The lowest BCUT2D eigenvalue weighted by molar-refractivity contribution is 0.101. The molecule has 1 aromatic heterocycles. The van der Waals surface area contributed by atoms with Gasteiger partial charge in [0.15, 0.2) is 5.78 Å². The molecule has 0 saturated carbocycles. The van der Waals surface area contributed by atoms with E-state index in [1.165, 1.54) is 19.1 Å². The largest absolute Gasteiger partial charge is 0.294 e. The first kappa shape index (κ1) is 10.5. The van der Waals surface area contributed by atoms with Gasteiger partial charge in [0, 0.05) is 11.3 Å². The van der Waals surface area contributed by atoms with Crippen LogP contribution in [0, 0.1) is 12.7 Å². The number of hydrogen-bond donors (Lipinski definition) is 1. The van der Waals surface area contributed by atoms with E-state index in [2.05, 4.69) is 10.2 Å². The first-order chi connectivity index (χ1) is 7.58. The molecular formula is C12H11FN2O. The Kier molecular flexibility index (Phi) is 2.56. The average Bonchev–Trinajstić information content (AvgIpc) is 2.64. The molecule has 1 N–H and O–H groups in total. The van der Waals surface area contributed by atoms with Gasteiger partial charge >= 0.3 is 0 Å². The molecule has 0 aliphatic rings. The van der Waals surface area contributed by atoms with Gasteiger partial charge in [0.1, 0.15) is 5.82 Å². The minimum absolute atomic E-state index is 0.107. The van der Waals surface area contributed by atoms with E-state index in [1.54, 1.807) is 6.07 Å². The fourth-order valence-electron chi connectivity index (χ4n) is 1.53. The first-order valence-corrected chi connectivity index (χ1v) is 4.91. The third kappa shape index (κ3) is 1.86. The third-order valence-electron chi connectivity index (χ3n) is 2.35. The number of carbonyl (C=O) groups is 1. The van der Waals surface area contributed by atoms with Gasteiger partial charge in [-0.2, -0.15) is 5.10 Å². The predicted octanol–water partition coefficient (Wildman–Crippen LogP) is 2.73. The van der Waals surface area contributed by atoms with Gasteiger partial charge in [-0.25, -0.2) is 4.39 Å². The lowest BCUT2D eigenvalue weighted by atomic mass is 10.1. The molecule has 0 radical (unpaired) electrons. The van der Waals surface area contributed by atoms with Crippen molar-refractivity contribution in [2.45, 2.75) is 13.8 Å². The summed E-state index contributed by atoms with van der Waals surface area (Å²) in [5, 5.41) is 6.81. The summed E-state index contributed by atoms with van der Waals surface area (Å²) >= 11 is 0. The van der Waals surface area contributed by atoms with Crippen LogP contribution in [0.1, 0.15) is 23.0 Å². The summed E-state index contributed by atoms with van der Waals surface area (Å²) in [5.74, 6) is -0.784. The van der Waals surface area contributed by atoms with E-state index in [1.807, 2.05) is 13.0 Å². The Balaban J connectivity index is 2.45. The second-order valence-corrected chi connectivity index (χ2v) is 3.69. The van der Waals surface area contributed by atoms with Gasteiger partial charge in [-0.3, -0.25) is 9.89 Å². The lowest BCUT2D eigenvalue weighted by Gasteiger charge is -2.00. The smallest absolute Gasteiger partial charge is 0.162 e. The third-order valence-corrected chi connectivity index (χ3v) is 2.35. The van der Waals surface area contributed by atoms with E-state index in [4.69, 9.17) is 0 Å². The molecule has 16 heavy (non-hydrogen) atoms. The molecule has 0 aliphatic heterocycles. The molecule has 0 spiro atoms. The fraction of sp³-hybridized carbons (Fsp3) is 0.167. The minimum atomic E-state index is -0.509. The Hall–Kier alpha value is -1.97. The maximum absolute atomic E-state index is 13.5. The Labute approximate surface area is 92.3 Å². The molecule has 0 aliphatic carbocycles. The van der Waals surface area contributed by atoms with Crippen molar-refractivity contribution >= 4 is 5.78 Å². The molecule has 3 nitrogen and oxygen atoms in total. The SMILES string of the molecule is CC(=O)c1ccc(-c2cc(C)[nH]n2)cc1F. The van der Waals surface area contributed by atoms with Gasteiger partial charge in [0.2, 0.25) is 0 Å². The zero-order valence-electron chi connectivity index (χ0n) is 9.04. The average molecular weight is 218 g/mol. The molecule has 1 heterocycles. The van der Waals surface area contributed by atoms with Crippen molar-refractivity contribution in [1.82, 2.24) is 10.2 Å². The number of aromatic amines is 1. The second kappa shape index (κ2) is 3.89. The van der Waals surface area contributed by atoms with E-state index in [-0.39, 0.29) is 11.3 Å². The fourth-order valence-corrected chi connectivity index (χ4v) is 1.53. The normalized spacial score (nSPS) is 10.4. The number of hydrogen-bond acceptors (Lipinski definition) is 2. The number of ketones is 1. The van der Waals surface area contributed by atoms with Crippen molar-refractivity contribution in [2.24, 2.45) is 0 Å². The van der Waals surface area contributed by atoms with Crippen LogP contribution >= 0.6 is 0 Å². The summed E-state index contributed by atoms with van der Waals surface area (Å²) in [4.78, 5) is 11.1. The number of halogens is 1. The van der Waals surface area contributed by atoms with Crippen molar-refractivity contribution < 1.29 is 9.18 Å². The van der Waals surface area contributed by atoms with Crippen LogP contribution in [0.5, 0.6) is 0 Å². The summed E-state index contributed by atoms with van der Waals surface area (Å²) in [6.07, 6.45) is 0. The predicted molar refractivity (Wildman–Crippen MR) is 58.7 cm³/mol. The summed E-state index contributed by atoms with van der Waals surface area (Å²) in [6, 6.07) is 6.32. The lowest BCUT2D eigenvalue weighted by Crippen LogP contribution is -1.96. The molecule has 2 aromatic rings. The summed E-state index contributed by atoms with van der Waals surface area (Å²) < 4.78 is 13.5. The molecule has 0 fully saturated rings. The van der Waals surface area contributed by atoms with E-state index in [0.717, 1.165) is 5.69 Å².